The van der Waals surface area contributed by atoms with Crippen LogP contribution in [0.1, 0.15) is 43.8 Å². The predicted octanol–water partition coefficient (Wildman–Crippen LogP) is 3.17. The molecule has 18 heavy (non-hydrogen) atoms. The van der Waals surface area contributed by atoms with Crippen molar-refractivity contribution in [2.45, 2.75) is 38.1 Å². The molecule has 0 saturated heterocycles. The first-order valence-electron chi connectivity index (χ1n) is 6.84. The van der Waals surface area contributed by atoms with Crippen molar-refractivity contribution >= 4 is 15.9 Å². The summed E-state index contributed by atoms with van der Waals surface area (Å²) >= 11 is 3.57. The van der Waals surface area contributed by atoms with Crippen LogP contribution in [-0.4, -0.2) is 4.98 Å². The minimum atomic E-state index is 0.171. The molecule has 3 N–H and O–H groups in total. The van der Waals surface area contributed by atoms with Crippen LogP contribution in [-0.2, 0) is 0 Å². The maximum absolute atomic E-state index is 5.74. The largest absolute Gasteiger partial charge is 0.271 e. The van der Waals surface area contributed by atoms with Crippen LogP contribution in [0, 0.1) is 17.8 Å². The Labute approximate surface area is 117 Å². The van der Waals surface area contributed by atoms with Gasteiger partial charge < -0.3 is 0 Å². The van der Waals surface area contributed by atoms with Gasteiger partial charge in [-0.05, 0) is 71.5 Å². The number of aromatic nitrogens is 1. The lowest BCUT2D eigenvalue weighted by Crippen LogP contribution is -2.31. The van der Waals surface area contributed by atoms with E-state index in [0.29, 0.717) is 0 Å². The molecule has 0 radical (unpaired) electrons. The molecule has 1 aromatic heterocycles. The zero-order valence-corrected chi connectivity index (χ0v) is 12.1. The summed E-state index contributed by atoms with van der Waals surface area (Å²) in [6, 6.07) is 4.15. The van der Waals surface area contributed by atoms with E-state index >= 15 is 0 Å². The van der Waals surface area contributed by atoms with Gasteiger partial charge in [0.05, 0.1) is 11.7 Å². The Hall–Kier alpha value is -0.450. The zero-order valence-electron chi connectivity index (χ0n) is 10.5. The van der Waals surface area contributed by atoms with E-state index in [2.05, 4.69) is 26.3 Å². The number of nitrogens with zero attached hydrogens (tertiary/aromatic N) is 1. The third-order valence-corrected chi connectivity index (χ3v) is 5.41. The van der Waals surface area contributed by atoms with Gasteiger partial charge in [-0.15, -0.1) is 0 Å². The fourth-order valence-corrected chi connectivity index (χ4v) is 4.41. The van der Waals surface area contributed by atoms with Crippen molar-refractivity contribution in [3.8, 4) is 0 Å². The monoisotopic (exact) mass is 309 g/mol. The lowest BCUT2D eigenvalue weighted by atomic mass is 9.83. The molecule has 3 rings (SSSR count). The van der Waals surface area contributed by atoms with E-state index in [-0.39, 0.29) is 6.04 Å². The summed E-state index contributed by atoms with van der Waals surface area (Å²) in [5.74, 6) is 8.50. The minimum Gasteiger partial charge on any atom is -0.271 e. The Morgan fingerprint density at radius 3 is 2.94 bits per heavy atom. The third-order valence-electron chi connectivity index (χ3n) is 4.74. The minimum absolute atomic E-state index is 0.171. The molecule has 98 valence electrons. The van der Waals surface area contributed by atoms with Crippen LogP contribution in [0.25, 0.3) is 0 Å². The first-order chi connectivity index (χ1) is 8.78. The quantitative estimate of drug-likeness (QED) is 0.663. The number of nitrogens with two attached hydrogens (primary N) is 1. The van der Waals surface area contributed by atoms with Gasteiger partial charge >= 0.3 is 0 Å². The molecule has 2 bridgehead atoms. The number of hydrogen-bond donors (Lipinski definition) is 2. The molecule has 1 aromatic rings. The molecule has 2 saturated carbocycles. The van der Waals surface area contributed by atoms with Gasteiger partial charge in [0.1, 0.15) is 0 Å². The highest BCUT2D eigenvalue weighted by Crippen LogP contribution is 2.50. The molecule has 0 aliphatic heterocycles. The van der Waals surface area contributed by atoms with Crippen molar-refractivity contribution in [2.24, 2.45) is 23.6 Å². The second-order valence-corrected chi connectivity index (χ2v) is 6.61. The SMILES string of the molecule is NNC(CC1CC2CCC1C2)c1ncccc1Br. The Kier molecular flexibility index (Phi) is 3.68. The molecule has 4 unspecified atom stereocenters. The Morgan fingerprint density at radius 1 is 1.44 bits per heavy atom. The Bertz CT molecular complexity index is 423. The van der Waals surface area contributed by atoms with E-state index < -0.39 is 0 Å². The van der Waals surface area contributed by atoms with Gasteiger partial charge in [-0.2, -0.15) is 0 Å². The van der Waals surface area contributed by atoms with E-state index in [1.807, 2.05) is 18.3 Å². The summed E-state index contributed by atoms with van der Waals surface area (Å²) in [5.41, 5.74) is 4.00. The highest BCUT2D eigenvalue weighted by atomic mass is 79.9. The van der Waals surface area contributed by atoms with Gasteiger partial charge in [-0.25, -0.2) is 0 Å². The van der Waals surface area contributed by atoms with E-state index in [0.717, 1.165) is 34.3 Å². The van der Waals surface area contributed by atoms with E-state index in [4.69, 9.17) is 5.84 Å². The molecule has 1 heterocycles. The van der Waals surface area contributed by atoms with Crippen molar-refractivity contribution in [2.75, 3.05) is 0 Å². The summed E-state index contributed by atoms with van der Waals surface area (Å²) in [5, 5.41) is 0. The number of nitrogens with one attached hydrogen (secondary N) is 1. The van der Waals surface area contributed by atoms with Crippen molar-refractivity contribution in [1.82, 2.24) is 10.4 Å². The Balaban J connectivity index is 1.72. The van der Waals surface area contributed by atoms with Crippen molar-refractivity contribution in [3.63, 3.8) is 0 Å². The van der Waals surface area contributed by atoms with Gasteiger partial charge in [-0.3, -0.25) is 16.3 Å². The van der Waals surface area contributed by atoms with Crippen molar-refractivity contribution in [3.05, 3.63) is 28.5 Å². The summed E-state index contributed by atoms with van der Waals surface area (Å²) in [7, 11) is 0. The van der Waals surface area contributed by atoms with Crippen LogP contribution in [0.5, 0.6) is 0 Å². The number of hydrazine groups is 1. The van der Waals surface area contributed by atoms with E-state index in [1.165, 1.54) is 25.7 Å². The van der Waals surface area contributed by atoms with Gasteiger partial charge in [0.2, 0.25) is 0 Å². The number of hydrogen-bond acceptors (Lipinski definition) is 3. The summed E-state index contributed by atoms with van der Waals surface area (Å²) < 4.78 is 1.05. The number of pyridine rings is 1. The number of halogens is 1. The second-order valence-electron chi connectivity index (χ2n) is 5.76. The molecular formula is C14H20BrN3. The maximum Gasteiger partial charge on any atom is 0.0728 e. The van der Waals surface area contributed by atoms with Crippen LogP contribution in [0.3, 0.4) is 0 Å². The summed E-state index contributed by atoms with van der Waals surface area (Å²) in [6.07, 6.45) is 8.68. The van der Waals surface area contributed by atoms with Crippen molar-refractivity contribution < 1.29 is 0 Å². The Morgan fingerprint density at radius 2 is 2.33 bits per heavy atom. The fraction of sp³-hybridized carbons (Fsp3) is 0.643. The molecule has 2 aliphatic carbocycles. The summed E-state index contributed by atoms with van der Waals surface area (Å²) in [4.78, 5) is 4.46. The van der Waals surface area contributed by atoms with Crippen LogP contribution in [0.4, 0.5) is 0 Å². The van der Waals surface area contributed by atoms with Crippen LogP contribution >= 0.6 is 15.9 Å². The van der Waals surface area contributed by atoms with Gasteiger partial charge in [-0.1, -0.05) is 6.42 Å². The van der Waals surface area contributed by atoms with E-state index in [9.17, 15) is 0 Å². The normalized spacial score (nSPS) is 31.8. The summed E-state index contributed by atoms with van der Waals surface area (Å²) in [6.45, 7) is 0. The van der Waals surface area contributed by atoms with Gasteiger partial charge in [0, 0.05) is 10.7 Å². The topological polar surface area (TPSA) is 50.9 Å². The standard InChI is InChI=1S/C14H20BrN3/c15-12-2-1-5-17-14(12)13(18-16)8-11-7-9-3-4-10(11)6-9/h1-2,5,9-11,13,18H,3-4,6-8,16H2. The zero-order chi connectivity index (χ0) is 12.5. The lowest BCUT2D eigenvalue weighted by Gasteiger charge is -2.26. The molecule has 2 aliphatic rings. The smallest absolute Gasteiger partial charge is 0.0728 e. The molecule has 3 nitrogen and oxygen atoms in total. The molecule has 0 spiro atoms. The molecule has 4 atom stereocenters. The molecule has 0 aromatic carbocycles. The van der Waals surface area contributed by atoms with Gasteiger partial charge in [0.15, 0.2) is 0 Å². The molecule has 2 fully saturated rings. The van der Waals surface area contributed by atoms with Gasteiger partial charge in [0.25, 0.3) is 0 Å². The lowest BCUT2D eigenvalue weighted by molar-refractivity contribution is 0.277. The average Bonchev–Trinajstić information content (AvgIpc) is 2.99. The second kappa shape index (κ2) is 5.27. The highest BCUT2D eigenvalue weighted by molar-refractivity contribution is 9.10. The van der Waals surface area contributed by atoms with Crippen LogP contribution in [0.2, 0.25) is 0 Å². The molecule has 0 amide bonds. The molecule has 4 heteroatoms. The average molecular weight is 310 g/mol. The third kappa shape index (κ3) is 2.33. The number of fused-ring (bicyclic) bond motifs is 2. The highest BCUT2D eigenvalue weighted by Gasteiger charge is 2.40. The first-order valence-corrected chi connectivity index (χ1v) is 7.63. The molecular weight excluding hydrogens is 290 g/mol. The first kappa shape index (κ1) is 12.6. The maximum atomic E-state index is 5.74. The van der Waals surface area contributed by atoms with Crippen LogP contribution in [0.15, 0.2) is 22.8 Å². The number of rotatable bonds is 4. The predicted molar refractivity (Wildman–Crippen MR) is 75.6 cm³/mol. The fourth-order valence-electron chi connectivity index (χ4n) is 3.88. The van der Waals surface area contributed by atoms with E-state index in [1.54, 1.807) is 0 Å². The van der Waals surface area contributed by atoms with Crippen molar-refractivity contribution in [1.29, 1.82) is 0 Å². The van der Waals surface area contributed by atoms with Crippen LogP contribution < -0.4 is 11.3 Å².